The lowest BCUT2D eigenvalue weighted by molar-refractivity contribution is 0.207. The number of aliphatic hydroxyl groups excluding tert-OH is 2. The zero-order chi connectivity index (χ0) is 23.0. The molecule has 0 aliphatic carbocycles. The van der Waals surface area contributed by atoms with Gasteiger partial charge in [-0.2, -0.15) is 0 Å². The van der Waals surface area contributed by atoms with Crippen molar-refractivity contribution in [1.82, 2.24) is 5.32 Å². The van der Waals surface area contributed by atoms with Gasteiger partial charge in [0.05, 0.1) is 0 Å². The molecule has 1 aromatic rings. The Bertz CT molecular complexity index is 511. The largest absolute Gasteiger partial charge is 0.396 e. The van der Waals surface area contributed by atoms with Crippen LogP contribution in [0.15, 0.2) is 42.5 Å². The maximum atomic E-state index is 9.06. The van der Waals surface area contributed by atoms with E-state index in [2.05, 4.69) is 47.8 Å². The summed E-state index contributed by atoms with van der Waals surface area (Å²) < 4.78 is 0. The predicted octanol–water partition coefficient (Wildman–Crippen LogP) is 7.17. The van der Waals surface area contributed by atoms with Crippen LogP contribution in [0.4, 0.5) is 0 Å². The molecule has 0 bridgehead atoms. The van der Waals surface area contributed by atoms with Crippen LogP contribution in [0.3, 0.4) is 0 Å². The number of allylic oxidation sites excluding steroid dienone is 2. The minimum absolute atomic E-state index is 0.254. The normalized spacial score (nSPS) is 11.7. The number of unbranched alkanes of at least 4 members (excludes halogenated alkanes) is 11. The SMILES string of the molecule is OCCC(CCO)CCCCCCCC=CCCCCCCCCNCc1ccccc1. The van der Waals surface area contributed by atoms with Crippen molar-refractivity contribution in [3.63, 3.8) is 0 Å². The van der Waals surface area contributed by atoms with E-state index in [1.807, 2.05) is 0 Å². The summed E-state index contributed by atoms with van der Waals surface area (Å²) in [7, 11) is 0. The molecule has 0 aliphatic rings. The second-order valence-electron chi connectivity index (χ2n) is 9.28. The van der Waals surface area contributed by atoms with Gasteiger partial charge in [0.1, 0.15) is 0 Å². The average molecular weight is 446 g/mol. The Morgan fingerprint density at radius 2 is 1.16 bits per heavy atom. The number of nitrogens with one attached hydrogen (secondary N) is 1. The Morgan fingerprint density at radius 1 is 0.625 bits per heavy atom. The lowest BCUT2D eigenvalue weighted by Gasteiger charge is -2.13. The van der Waals surface area contributed by atoms with Crippen LogP contribution >= 0.6 is 0 Å². The summed E-state index contributed by atoms with van der Waals surface area (Å²) in [6, 6.07) is 10.6. The molecule has 0 fully saturated rings. The van der Waals surface area contributed by atoms with Crippen molar-refractivity contribution in [1.29, 1.82) is 0 Å². The fraction of sp³-hybridized carbons (Fsp3) is 0.724. The van der Waals surface area contributed by atoms with E-state index in [-0.39, 0.29) is 13.2 Å². The molecule has 0 amide bonds. The zero-order valence-electron chi connectivity index (χ0n) is 20.7. The summed E-state index contributed by atoms with van der Waals surface area (Å²) in [6.45, 7) is 2.63. The highest BCUT2D eigenvalue weighted by Gasteiger charge is 2.06. The van der Waals surface area contributed by atoms with Gasteiger partial charge in [-0.25, -0.2) is 0 Å². The van der Waals surface area contributed by atoms with Gasteiger partial charge in [0.2, 0.25) is 0 Å². The lowest BCUT2D eigenvalue weighted by Crippen LogP contribution is -2.14. The molecule has 184 valence electrons. The van der Waals surface area contributed by atoms with Crippen LogP contribution in [-0.2, 0) is 6.54 Å². The van der Waals surface area contributed by atoms with Crippen LogP contribution < -0.4 is 5.32 Å². The molecular weight excluding hydrogens is 394 g/mol. The topological polar surface area (TPSA) is 52.5 Å². The lowest BCUT2D eigenvalue weighted by atomic mass is 9.95. The Hall–Kier alpha value is -1.16. The van der Waals surface area contributed by atoms with Crippen LogP contribution in [0.5, 0.6) is 0 Å². The first-order valence-electron chi connectivity index (χ1n) is 13.5. The highest BCUT2D eigenvalue weighted by molar-refractivity contribution is 5.14. The molecule has 0 atom stereocenters. The highest BCUT2D eigenvalue weighted by atomic mass is 16.3. The number of benzene rings is 1. The smallest absolute Gasteiger partial charge is 0.0433 e. The van der Waals surface area contributed by atoms with E-state index in [4.69, 9.17) is 10.2 Å². The summed E-state index contributed by atoms with van der Waals surface area (Å²) in [5.41, 5.74) is 1.37. The molecule has 3 N–H and O–H groups in total. The summed E-state index contributed by atoms with van der Waals surface area (Å²) in [5.74, 6) is 0.509. The van der Waals surface area contributed by atoms with Gasteiger partial charge in [0.25, 0.3) is 0 Å². The van der Waals surface area contributed by atoms with E-state index in [1.165, 1.54) is 89.0 Å². The van der Waals surface area contributed by atoms with Crippen molar-refractivity contribution in [3.05, 3.63) is 48.0 Å². The van der Waals surface area contributed by atoms with Gasteiger partial charge in [-0.05, 0) is 63.0 Å². The van der Waals surface area contributed by atoms with E-state index in [1.54, 1.807) is 0 Å². The number of rotatable bonds is 23. The molecule has 3 nitrogen and oxygen atoms in total. The van der Waals surface area contributed by atoms with Crippen LogP contribution in [-0.4, -0.2) is 30.0 Å². The second-order valence-corrected chi connectivity index (χ2v) is 9.28. The van der Waals surface area contributed by atoms with E-state index in [9.17, 15) is 0 Å². The molecule has 0 aliphatic heterocycles. The number of hydrogen-bond acceptors (Lipinski definition) is 3. The third-order valence-corrected chi connectivity index (χ3v) is 6.37. The summed E-state index contributed by atoms with van der Waals surface area (Å²) in [5, 5.41) is 21.6. The Kier molecular flexibility index (Phi) is 20.8. The minimum Gasteiger partial charge on any atom is -0.396 e. The van der Waals surface area contributed by atoms with Crippen molar-refractivity contribution < 1.29 is 10.2 Å². The fourth-order valence-corrected chi connectivity index (χ4v) is 4.31. The average Bonchev–Trinajstić information content (AvgIpc) is 2.81. The summed E-state index contributed by atoms with van der Waals surface area (Å²) in [6.07, 6.45) is 24.7. The summed E-state index contributed by atoms with van der Waals surface area (Å²) >= 11 is 0. The molecule has 0 saturated heterocycles. The van der Waals surface area contributed by atoms with Crippen molar-refractivity contribution in [2.24, 2.45) is 5.92 Å². The van der Waals surface area contributed by atoms with Crippen molar-refractivity contribution in [3.8, 4) is 0 Å². The fourth-order valence-electron chi connectivity index (χ4n) is 4.31. The minimum atomic E-state index is 0.254. The Morgan fingerprint density at radius 3 is 1.75 bits per heavy atom. The monoisotopic (exact) mass is 445 g/mol. The first kappa shape index (κ1) is 28.9. The van der Waals surface area contributed by atoms with Crippen LogP contribution in [0.2, 0.25) is 0 Å². The van der Waals surface area contributed by atoms with Gasteiger partial charge in [0.15, 0.2) is 0 Å². The van der Waals surface area contributed by atoms with Gasteiger partial charge < -0.3 is 15.5 Å². The maximum Gasteiger partial charge on any atom is 0.0433 e. The molecule has 0 saturated carbocycles. The molecule has 0 spiro atoms. The van der Waals surface area contributed by atoms with Crippen molar-refractivity contribution in [2.75, 3.05) is 19.8 Å². The third-order valence-electron chi connectivity index (χ3n) is 6.37. The molecule has 0 aromatic heterocycles. The first-order chi connectivity index (χ1) is 15.9. The van der Waals surface area contributed by atoms with Gasteiger partial charge in [-0.15, -0.1) is 0 Å². The molecular formula is C29H51NO2. The van der Waals surface area contributed by atoms with Crippen molar-refractivity contribution in [2.45, 2.75) is 109 Å². The Labute approximate surface area is 198 Å². The quantitative estimate of drug-likeness (QED) is 0.124. The molecule has 32 heavy (non-hydrogen) atoms. The molecule has 1 rings (SSSR count). The van der Waals surface area contributed by atoms with Gasteiger partial charge in [0, 0.05) is 19.8 Å². The second kappa shape index (κ2) is 23.0. The molecule has 0 unspecified atom stereocenters. The third kappa shape index (κ3) is 18.4. The summed E-state index contributed by atoms with van der Waals surface area (Å²) in [4.78, 5) is 0. The van der Waals surface area contributed by atoms with E-state index < -0.39 is 0 Å². The first-order valence-corrected chi connectivity index (χ1v) is 13.5. The van der Waals surface area contributed by atoms with Crippen LogP contribution in [0.25, 0.3) is 0 Å². The van der Waals surface area contributed by atoms with Crippen LogP contribution in [0.1, 0.15) is 108 Å². The molecule has 0 radical (unpaired) electrons. The van der Waals surface area contributed by atoms with E-state index in [0.29, 0.717) is 5.92 Å². The zero-order valence-corrected chi connectivity index (χ0v) is 20.7. The molecule has 0 heterocycles. The predicted molar refractivity (Wildman–Crippen MR) is 139 cm³/mol. The Balaban J connectivity index is 1.76. The number of aliphatic hydroxyl groups is 2. The standard InChI is InChI=1S/C29H51NO2/c31-25-22-28(23-26-32)19-15-12-10-8-6-4-2-1-3-5-7-9-11-13-18-24-30-27-29-20-16-14-17-21-29/h1-2,14,16-17,20-21,28,30-32H,3-13,15,18-19,22-27H2. The van der Waals surface area contributed by atoms with E-state index in [0.717, 1.165) is 32.4 Å². The molecule has 3 heteroatoms. The van der Waals surface area contributed by atoms with Gasteiger partial charge in [-0.1, -0.05) is 100 Å². The maximum absolute atomic E-state index is 9.06. The van der Waals surface area contributed by atoms with E-state index >= 15 is 0 Å². The number of hydrogen-bond donors (Lipinski definition) is 3. The van der Waals surface area contributed by atoms with Gasteiger partial charge >= 0.3 is 0 Å². The highest BCUT2D eigenvalue weighted by Crippen LogP contribution is 2.18. The van der Waals surface area contributed by atoms with Gasteiger partial charge in [-0.3, -0.25) is 0 Å². The van der Waals surface area contributed by atoms with Crippen LogP contribution in [0, 0.1) is 5.92 Å². The van der Waals surface area contributed by atoms with Crippen molar-refractivity contribution >= 4 is 0 Å². The molecule has 1 aromatic carbocycles.